The molecule has 122 valence electrons. The number of nitrogens with one attached hydrogen (secondary N) is 1. The quantitative estimate of drug-likeness (QED) is 0.862. The molecule has 2 heterocycles. The van der Waals surface area contributed by atoms with E-state index in [0.717, 1.165) is 42.1 Å². The Morgan fingerprint density at radius 3 is 3.00 bits per heavy atom. The van der Waals surface area contributed by atoms with Gasteiger partial charge in [-0.1, -0.05) is 18.2 Å². The fraction of sp³-hybridized carbons (Fsp3) is 0.444. The van der Waals surface area contributed by atoms with Gasteiger partial charge in [-0.05, 0) is 44.4 Å². The highest BCUT2D eigenvalue weighted by Crippen LogP contribution is 2.26. The number of ether oxygens (including phenoxy) is 1. The Balaban J connectivity index is 1.44. The van der Waals surface area contributed by atoms with Crippen LogP contribution < -0.4 is 10.1 Å². The molecular weight excluding hydrogens is 290 g/mol. The van der Waals surface area contributed by atoms with Crippen LogP contribution in [0.15, 0.2) is 30.3 Å². The summed E-state index contributed by atoms with van der Waals surface area (Å²) in [6, 6.07) is 9.99. The molecule has 1 aromatic heterocycles. The Bertz CT molecular complexity index is 693. The molecule has 0 saturated heterocycles. The predicted molar refractivity (Wildman–Crippen MR) is 88.5 cm³/mol. The van der Waals surface area contributed by atoms with E-state index in [1.54, 1.807) is 0 Å². The summed E-state index contributed by atoms with van der Waals surface area (Å²) < 4.78 is 7.66. The van der Waals surface area contributed by atoms with Crippen molar-refractivity contribution < 1.29 is 9.53 Å². The van der Waals surface area contributed by atoms with E-state index in [1.807, 2.05) is 35.9 Å². The number of aromatic nitrogens is 2. The first-order valence-electron chi connectivity index (χ1n) is 8.13. The maximum atomic E-state index is 12.3. The van der Waals surface area contributed by atoms with Crippen LogP contribution >= 0.6 is 0 Å². The minimum absolute atomic E-state index is 0.0767. The van der Waals surface area contributed by atoms with Gasteiger partial charge in [0.2, 0.25) is 5.91 Å². The zero-order valence-electron chi connectivity index (χ0n) is 13.7. The molecule has 0 saturated carbocycles. The highest BCUT2D eigenvalue weighted by Gasteiger charge is 2.25. The molecule has 5 heteroatoms. The summed E-state index contributed by atoms with van der Waals surface area (Å²) in [6.45, 7) is 5.99. The Morgan fingerprint density at radius 1 is 1.39 bits per heavy atom. The van der Waals surface area contributed by atoms with Crippen LogP contribution in [0.1, 0.15) is 23.4 Å². The first-order chi connectivity index (χ1) is 11.1. The van der Waals surface area contributed by atoms with Crippen molar-refractivity contribution in [1.29, 1.82) is 0 Å². The average molecular weight is 313 g/mol. The lowest BCUT2D eigenvalue weighted by molar-refractivity contribution is -0.126. The monoisotopic (exact) mass is 313 g/mol. The van der Waals surface area contributed by atoms with Gasteiger partial charge in [0.25, 0.3) is 0 Å². The van der Waals surface area contributed by atoms with Crippen molar-refractivity contribution in [1.82, 2.24) is 15.1 Å². The number of fused-ring (bicyclic) bond motifs is 1. The van der Waals surface area contributed by atoms with Gasteiger partial charge in [-0.3, -0.25) is 9.48 Å². The Hall–Kier alpha value is -2.30. The molecule has 1 amide bonds. The molecule has 5 nitrogen and oxygen atoms in total. The molecule has 1 aromatic carbocycles. The van der Waals surface area contributed by atoms with Crippen LogP contribution in [-0.2, 0) is 17.8 Å². The van der Waals surface area contributed by atoms with E-state index in [1.165, 1.54) is 0 Å². The number of hydrogen-bond acceptors (Lipinski definition) is 3. The predicted octanol–water partition coefficient (Wildman–Crippen LogP) is 2.26. The van der Waals surface area contributed by atoms with Gasteiger partial charge in [-0.2, -0.15) is 5.10 Å². The summed E-state index contributed by atoms with van der Waals surface area (Å²) in [4.78, 5) is 12.3. The zero-order chi connectivity index (χ0) is 16.2. The van der Waals surface area contributed by atoms with Crippen molar-refractivity contribution in [3.05, 3.63) is 47.3 Å². The minimum Gasteiger partial charge on any atom is -0.492 e. The number of nitrogens with zero attached hydrogens (tertiary/aromatic N) is 2. The third-order valence-electron chi connectivity index (χ3n) is 4.20. The number of rotatable bonds is 5. The van der Waals surface area contributed by atoms with E-state index in [4.69, 9.17) is 4.74 Å². The lowest BCUT2D eigenvalue weighted by Gasteiger charge is -2.24. The van der Waals surface area contributed by atoms with Gasteiger partial charge in [0.15, 0.2) is 0 Å². The molecule has 3 rings (SSSR count). The van der Waals surface area contributed by atoms with E-state index >= 15 is 0 Å². The summed E-state index contributed by atoms with van der Waals surface area (Å²) in [5, 5.41) is 7.45. The Labute approximate surface area is 136 Å². The number of carbonyl (C=O) groups is 1. The molecule has 1 atom stereocenters. The molecule has 0 unspecified atom stereocenters. The number of hydrogen-bond donors (Lipinski definition) is 1. The minimum atomic E-state index is -0.0985. The zero-order valence-corrected chi connectivity index (χ0v) is 13.7. The van der Waals surface area contributed by atoms with Gasteiger partial charge < -0.3 is 10.1 Å². The standard InChI is InChI=1S/C18H23N3O2/c1-13-10-14(2)21(20-13)9-5-8-19-18(22)16-11-15-6-3-4-7-17(15)23-12-16/h3-4,6-7,10,16H,5,8-9,11-12H2,1-2H3,(H,19,22)/t16-/m0/s1. The number of carbonyl (C=O) groups excluding carboxylic acids is 1. The van der Waals surface area contributed by atoms with Crippen LogP contribution in [0.3, 0.4) is 0 Å². The van der Waals surface area contributed by atoms with E-state index in [0.29, 0.717) is 13.2 Å². The number of amides is 1. The van der Waals surface area contributed by atoms with Crippen molar-refractivity contribution in [2.24, 2.45) is 5.92 Å². The molecular formula is C18H23N3O2. The summed E-state index contributed by atoms with van der Waals surface area (Å²) in [7, 11) is 0. The summed E-state index contributed by atoms with van der Waals surface area (Å²) in [6.07, 6.45) is 1.62. The molecule has 0 aliphatic carbocycles. The fourth-order valence-electron chi connectivity index (χ4n) is 2.98. The van der Waals surface area contributed by atoms with Crippen LogP contribution in [0.2, 0.25) is 0 Å². The first kappa shape index (κ1) is 15.6. The van der Waals surface area contributed by atoms with Crippen molar-refractivity contribution in [3.63, 3.8) is 0 Å². The molecule has 1 N–H and O–H groups in total. The molecule has 0 spiro atoms. The van der Waals surface area contributed by atoms with Gasteiger partial charge in [0.1, 0.15) is 12.4 Å². The van der Waals surface area contributed by atoms with E-state index in [2.05, 4.69) is 23.4 Å². The van der Waals surface area contributed by atoms with Crippen LogP contribution in [0.5, 0.6) is 5.75 Å². The Morgan fingerprint density at radius 2 is 2.22 bits per heavy atom. The molecule has 1 aliphatic heterocycles. The highest BCUT2D eigenvalue weighted by molar-refractivity contribution is 5.79. The molecule has 1 aliphatic rings. The smallest absolute Gasteiger partial charge is 0.226 e. The van der Waals surface area contributed by atoms with Crippen molar-refractivity contribution in [3.8, 4) is 5.75 Å². The summed E-state index contributed by atoms with van der Waals surface area (Å²) in [5.74, 6) is 0.882. The van der Waals surface area contributed by atoms with Crippen molar-refractivity contribution in [2.45, 2.75) is 33.2 Å². The van der Waals surface area contributed by atoms with E-state index in [9.17, 15) is 4.79 Å². The molecule has 0 bridgehead atoms. The van der Waals surface area contributed by atoms with Gasteiger partial charge in [0, 0.05) is 18.8 Å². The molecule has 2 aromatic rings. The van der Waals surface area contributed by atoms with Crippen molar-refractivity contribution >= 4 is 5.91 Å². The van der Waals surface area contributed by atoms with Gasteiger partial charge >= 0.3 is 0 Å². The third-order valence-corrected chi connectivity index (χ3v) is 4.20. The summed E-state index contributed by atoms with van der Waals surface area (Å²) >= 11 is 0. The lowest BCUT2D eigenvalue weighted by atomic mass is 9.96. The van der Waals surface area contributed by atoms with Crippen molar-refractivity contribution in [2.75, 3.05) is 13.2 Å². The maximum Gasteiger partial charge on any atom is 0.226 e. The van der Waals surface area contributed by atoms with Crippen LogP contribution in [0, 0.1) is 19.8 Å². The lowest BCUT2D eigenvalue weighted by Crippen LogP contribution is -2.38. The first-order valence-corrected chi connectivity index (χ1v) is 8.13. The number of benzene rings is 1. The topological polar surface area (TPSA) is 56.2 Å². The number of aryl methyl sites for hydroxylation is 3. The van der Waals surface area contributed by atoms with E-state index in [-0.39, 0.29) is 11.8 Å². The van der Waals surface area contributed by atoms with Crippen LogP contribution in [0.4, 0.5) is 0 Å². The van der Waals surface area contributed by atoms with Crippen LogP contribution in [0.25, 0.3) is 0 Å². The van der Waals surface area contributed by atoms with Gasteiger partial charge in [0.05, 0.1) is 11.6 Å². The molecule has 23 heavy (non-hydrogen) atoms. The normalized spacial score (nSPS) is 16.5. The molecule has 0 radical (unpaired) electrons. The van der Waals surface area contributed by atoms with Gasteiger partial charge in [-0.15, -0.1) is 0 Å². The SMILES string of the molecule is Cc1cc(C)n(CCCNC(=O)[C@@H]2COc3ccccc3C2)n1. The second kappa shape index (κ2) is 6.86. The highest BCUT2D eigenvalue weighted by atomic mass is 16.5. The second-order valence-electron chi connectivity index (χ2n) is 6.11. The van der Waals surface area contributed by atoms with E-state index < -0.39 is 0 Å². The maximum absolute atomic E-state index is 12.3. The number of para-hydroxylation sites is 1. The Kier molecular flexibility index (Phi) is 4.65. The average Bonchev–Trinajstić information content (AvgIpc) is 2.88. The third kappa shape index (κ3) is 3.73. The van der Waals surface area contributed by atoms with Crippen LogP contribution in [-0.4, -0.2) is 28.8 Å². The fourth-order valence-corrected chi connectivity index (χ4v) is 2.98. The largest absolute Gasteiger partial charge is 0.492 e. The van der Waals surface area contributed by atoms with Gasteiger partial charge in [-0.25, -0.2) is 0 Å². The molecule has 0 fully saturated rings. The second-order valence-corrected chi connectivity index (χ2v) is 6.11. The summed E-state index contributed by atoms with van der Waals surface area (Å²) in [5.41, 5.74) is 3.30.